The second-order valence-electron chi connectivity index (χ2n) is 5.11. The summed E-state index contributed by atoms with van der Waals surface area (Å²) in [6.45, 7) is 2.29. The molecule has 6 nitrogen and oxygen atoms in total. The maximum absolute atomic E-state index is 11.7. The van der Waals surface area contributed by atoms with Crippen LogP contribution in [0.25, 0.3) is 0 Å². The Kier molecular flexibility index (Phi) is 5.06. The van der Waals surface area contributed by atoms with E-state index < -0.39 is 20.4 Å². The van der Waals surface area contributed by atoms with Crippen molar-refractivity contribution in [1.82, 2.24) is 0 Å². The molecular formula is C15H15BrN2O4S. The van der Waals surface area contributed by atoms with Crippen molar-refractivity contribution < 1.29 is 13.3 Å². The Morgan fingerprint density at radius 3 is 2.52 bits per heavy atom. The fraction of sp³-hybridized carbons (Fsp3) is 0.200. The molecule has 0 saturated carbocycles. The number of sulfone groups is 1. The van der Waals surface area contributed by atoms with E-state index in [1.807, 2.05) is 25.1 Å². The van der Waals surface area contributed by atoms with Gasteiger partial charge in [-0.15, -0.1) is 0 Å². The van der Waals surface area contributed by atoms with E-state index >= 15 is 0 Å². The highest BCUT2D eigenvalue weighted by atomic mass is 79.9. The Labute approximate surface area is 142 Å². The van der Waals surface area contributed by atoms with E-state index in [2.05, 4.69) is 21.2 Å². The molecule has 0 atom stereocenters. The van der Waals surface area contributed by atoms with Crippen molar-refractivity contribution in [2.24, 2.45) is 0 Å². The van der Waals surface area contributed by atoms with Crippen molar-refractivity contribution >= 4 is 37.1 Å². The molecule has 0 aliphatic rings. The van der Waals surface area contributed by atoms with Gasteiger partial charge in [0.2, 0.25) is 0 Å². The summed E-state index contributed by atoms with van der Waals surface area (Å²) in [6.07, 6.45) is 0.956. The minimum atomic E-state index is -3.69. The van der Waals surface area contributed by atoms with Gasteiger partial charge in [0.25, 0.3) is 0 Å². The maximum atomic E-state index is 11.7. The Hall–Kier alpha value is -1.93. The molecule has 2 aromatic rings. The lowest BCUT2D eigenvalue weighted by Gasteiger charge is -2.11. The van der Waals surface area contributed by atoms with Crippen molar-refractivity contribution in [1.29, 1.82) is 0 Å². The Morgan fingerprint density at radius 2 is 1.96 bits per heavy atom. The van der Waals surface area contributed by atoms with Gasteiger partial charge in [0.05, 0.1) is 4.92 Å². The first-order valence-corrected chi connectivity index (χ1v) is 9.35. The van der Waals surface area contributed by atoms with Crippen LogP contribution >= 0.6 is 15.9 Å². The minimum Gasteiger partial charge on any atom is -0.375 e. The van der Waals surface area contributed by atoms with E-state index in [0.29, 0.717) is 6.54 Å². The number of para-hydroxylation sites is 1. The zero-order chi connectivity index (χ0) is 17.2. The highest BCUT2D eigenvalue weighted by Crippen LogP contribution is 2.32. The number of hydrogen-bond donors (Lipinski definition) is 1. The molecule has 2 rings (SSSR count). The molecule has 0 fully saturated rings. The molecule has 0 heterocycles. The summed E-state index contributed by atoms with van der Waals surface area (Å²) in [4.78, 5) is 10.3. The van der Waals surface area contributed by atoms with Gasteiger partial charge in [-0.25, -0.2) is 8.42 Å². The highest BCUT2D eigenvalue weighted by molar-refractivity contribution is 9.10. The number of nitrogens with zero attached hydrogens (tertiary/aromatic N) is 1. The molecule has 23 heavy (non-hydrogen) atoms. The van der Waals surface area contributed by atoms with E-state index in [1.54, 1.807) is 0 Å². The topological polar surface area (TPSA) is 89.3 Å². The number of nitro benzene ring substituents is 1. The lowest BCUT2D eigenvalue weighted by atomic mass is 10.1. The molecule has 0 saturated heterocycles. The Balaban J connectivity index is 2.39. The van der Waals surface area contributed by atoms with Gasteiger partial charge in [-0.05, 0) is 42.3 Å². The predicted molar refractivity (Wildman–Crippen MR) is 92.4 cm³/mol. The molecular weight excluding hydrogens is 384 g/mol. The molecule has 0 aliphatic carbocycles. The van der Waals surface area contributed by atoms with Crippen LogP contribution in [0.2, 0.25) is 0 Å². The quantitative estimate of drug-likeness (QED) is 0.612. The molecule has 122 valence electrons. The molecule has 0 radical (unpaired) electrons. The van der Waals surface area contributed by atoms with Gasteiger partial charge in [0.15, 0.2) is 9.84 Å². The van der Waals surface area contributed by atoms with Gasteiger partial charge in [-0.1, -0.05) is 28.1 Å². The first-order chi connectivity index (χ1) is 10.7. The van der Waals surface area contributed by atoms with Crippen molar-refractivity contribution in [3.05, 3.63) is 62.1 Å². The second-order valence-corrected chi connectivity index (χ2v) is 8.01. The summed E-state index contributed by atoms with van der Waals surface area (Å²) in [5.74, 6) is 0. The first kappa shape index (κ1) is 17.4. The van der Waals surface area contributed by atoms with Gasteiger partial charge >= 0.3 is 5.69 Å². The third-order valence-electron chi connectivity index (χ3n) is 3.35. The average molecular weight is 399 g/mol. The number of nitro groups is 1. The SMILES string of the molecule is Cc1cc(Br)ccc1CNc1cccc(S(C)(=O)=O)c1[N+](=O)[O-]. The molecule has 1 N–H and O–H groups in total. The maximum Gasteiger partial charge on any atom is 0.310 e. The number of halogens is 1. The fourth-order valence-electron chi connectivity index (χ4n) is 2.20. The molecule has 8 heteroatoms. The van der Waals surface area contributed by atoms with Gasteiger partial charge in [0.1, 0.15) is 10.6 Å². The van der Waals surface area contributed by atoms with Gasteiger partial charge < -0.3 is 5.32 Å². The summed E-state index contributed by atoms with van der Waals surface area (Å²) in [6, 6.07) is 9.95. The molecule has 0 unspecified atom stereocenters. The van der Waals surface area contributed by atoms with Crippen LogP contribution in [-0.4, -0.2) is 19.6 Å². The smallest absolute Gasteiger partial charge is 0.310 e. The fourth-order valence-corrected chi connectivity index (χ4v) is 3.54. The van der Waals surface area contributed by atoms with Crippen LogP contribution < -0.4 is 5.32 Å². The van der Waals surface area contributed by atoms with Gasteiger partial charge in [-0.3, -0.25) is 10.1 Å². The first-order valence-electron chi connectivity index (χ1n) is 6.66. The summed E-state index contributed by atoms with van der Waals surface area (Å²) in [5, 5.41) is 14.3. The van der Waals surface area contributed by atoms with Crippen LogP contribution in [0, 0.1) is 17.0 Å². The summed E-state index contributed by atoms with van der Waals surface area (Å²) >= 11 is 3.38. The van der Waals surface area contributed by atoms with E-state index in [1.165, 1.54) is 18.2 Å². The molecule has 0 spiro atoms. The van der Waals surface area contributed by atoms with Crippen molar-refractivity contribution in [2.45, 2.75) is 18.4 Å². The number of anilines is 1. The standard InChI is InChI=1S/C15H15BrN2O4S/c1-10-8-12(16)7-6-11(10)9-17-13-4-3-5-14(23(2,21)22)15(13)18(19)20/h3-8,17H,9H2,1-2H3. The van der Waals surface area contributed by atoms with Crippen LogP contribution in [0.4, 0.5) is 11.4 Å². The molecule has 0 amide bonds. The van der Waals surface area contributed by atoms with E-state index in [-0.39, 0.29) is 10.6 Å². The zero-order valence-corrected chi connectivity index (χ0v) is 14.9. The van der Waals surface area contributed by atoms with Crippen LogP contribution in [0.3, 0.4) is 0 Å². The summed E-state index contributed by atoms with van der Waals surface area (Å²) in [5.41, 5.74) is 1.74. The minimum absolute atomic E-state index is 0.181. The second kappa shape index (κ2) is 6.67. The van der Waals surface area contributed by atoms with Gasteiger partial charge in [0, 0.05) is 17.3 Å². The van der Waals surface area contributed by atoms with Crippen molar-refractivity contribution in [3.63, 3.8) is 0 Å². The van der Waals surface area contributed by atoms with E-state index in [0.717, 1.165) is 21.9 Å². The summed E-state index contributed by atoms with van der Waals surface area (Å²) < 4.78 is 24.4. The monoisotopic (exact) mass is 398 g/mol. The lowest BCUT2D eigenvalue weighted by molar-refractivity contribution is -0.386. The predicted octanol–water partition coefficient (Wildman–Crippen LogP) is 3.68. The van der Waals surface area contributed by atoms with Gasteiger partial charge in [-0.2, -0.15) is 0 Å². The number of aryl methyl sites for hydroxylation is 1. The number of rotatable bonds is 5. The summed E-state index contributed by atoms with van der Waals surface area (Å²) in [7, 11) is -3.69. The molecule has 0 aliphatic heterocycles. The average Bonchev–Trinajstić information content (AvgIpc) is 2.44. The third-order valence-corrected chi connectivity index (χ3v) is 4.98. The third kappa shape index (κ3) is 4.08. The Morgan fingerprint density at radius 1 is 1.26 bits per heavy atom. The molecule has 0 aromatic heterocycles. The normalized spacial score (nSPS) is 11.3. The largest absolute Gasteiger partial charge is 0.375 e. The van der Waals surface area contributed by atoms with Crippen molar-refractivity contribution in [2.75, 3.05) is 11.6 Å². The molecule has 2 aromatic carbocycles. The van der Waals surface area contributed by atoms with Crippen molar-refractivity contribution in [3.8, 4) is 0 Å². The zero-order valence-electron chi connectivity index (χ0n) is 12.5. The number of nitrogens with one attached hydrogen (secondary N) is 1. The van der Waals surface area contributed by atoms with E-state index in [9.17, 15) is 18.5 Å². The van der Waals surface area contributed by atoms with Crippen LogP contribution in [0.15, 0.2) is 45.8 Å². The van der Waals surface area contributed by atoms with Crippen LogP contribution in [0.1, 0.15) is 11.1 Å². The highest BCUT2D eigenvalue weighted by Gasteiger charge is 2.25. The Bertz CT molecular complexity index is 866. The molecule has 0 bridgehead atoms. The van der Waals surface area contributed by atoms with Crippen LogP contribution in [0.5, 0.6) is 0 Å². The number of hydrogen-bond acceptors (Lipinski definition) is 5. The van der Waals surface area contributed by atoms with Crippen LogP contribution in [-0.2, 0) is 16.4 Å². The number of benzene rings is 2. The lowest BCUT2D eigenvalue weighted by Crippen LogP contribution is -2.08. The van der Waals surface area contributed by atoms with E-state index in [4.69, 9.17) is 0 Å².